The van der Waals surface area contributed by atoms with Crippen molar-refractivity contribution in [2.45, 2.75) is 45.3 Å². The first-order valence-corrected chi connectivity index (χ1v) is 6.05. The van der Waals surface area contributed by atoms with Gasteiger partial charge in [-0.2, -0.15) is 0 Å². The Morgan fingerprint density at radius 3 is 2.62 bits per heavy atom. The number of carbonyl (C=O) groups is 1. The van der Waals surface area contributed by atoms with Crippen LogP contribution in [0.3, 0.4) is 0 Å². The molecule has 0 heterocycles. The molecule has 0 aliphatic heterocycles. The van der Waals surface area contributed by atoms with Crippen molar-refractivity contribution in [1.29, 1.82) is 0 Å². The van der Waals surface area contributed by atoms with Crippen molar-refractivity contribution >= 4 is 5.97 Å². The number of hydrogen-bond acceptors (Lipinski definition) is 4. The van der Waals surface area contributed by atoms with Crippen LogP contribution in [-0.2, 0) is 9.53 Å². The lowest BCUT2D eigenvalue weighted by Crippen LogP contribution is -2.32. The summed E-state index contributed by atoms with van der Waals surface area (Å²) >= 11 is 0. The molecule has 0 aromatic rings. The molecule has 1 saturated carbocycles. The quantitative estimate of drug-likeness (QED) is 0.662. The van der Waals surface area contributed by atoms with Crippen LogP contribution in [0.1, 0.15) is 33.1 Å². The minimum atomic E-state index is -0.230. The van der Waals surface area contributed by atoms with Crippen molar-refractivity contribution in [3.05, 3.63) is 0 Å². The zero-order valence-corrected chi connectivity index (χ0v) is 10.5. The fourth-order valence-corrected chi connectivity index (χ4v) is 1.64. The van der Waals surface area contributed by atoms with E-state index in [9.17, 15) is 9.90 Å². The Kier molecular flexibility index (Phi) is 5.22. The van der Waals surface area contributed by atoms with Crippen molar-refractivity contribution in [2.24, 2.45) is 5.92 Å². The third kappa shape index (κ3) is 5.47. The number of rotatable bonds is 7. The minimum Gasteiger partial charge on any atom is -0.463 e. The maximum Gasteiger partial charge on any atom is 0.307 e. The number of aliphatic hydroxyl groups is 1. The lowest BCUT2D eigenvalue weighted by Gasteiger charge is -2.20. The van der Waals surface area contributed by atoms with Gasteiger partial charge in [0.15, 0.2) is 0 Å². The number of hydrogen-bond donors (Lipinski definition) is 1. The monoisotopic (exact) mass is 229 g/mol. The van der Waals surface area contributed by atoms with E-state index in [1.54, 1.807) is 0 Å². The Labute approximate surface area is 97.6 Å². The van der Waals surface area contributed by atoms with E-state index < -0.39 is 0 Å². The van der Waals surface area contributed by atoms with E-state index in [1.165, 1.54) is 0 Å². The molecule has 0 saturated heterocycles. The highest BCUT2D eigenvalue weighted by Gasteiger charge is 2.30. The van der Waals surface area contributed by atoms with Crippen LogP contribution in [0.15, 0.2) is 0 Å². The van der Waals surface area contributed by atoms with E-state index in [2.05, 4.69) is 0 Å². The van der Waals surface area contributed by atoms with Crippen LogP contribution in [0.4, 0.5) is 0 Å². The maximum atomic E-state index is 11.3. The summed E-state index contributed by atoms with van der Waals surface area (Å²) in [4.78, 5) is 13.3. The summed E-state index contributed by atoms with van der Waals surface area (Å²) in [5.74, 6) is 0.327. The van der Waals surface area contributed by atoms with Gasteiger partial charge < -0.3 is 14.7 Å². The van der Waals surface area contributed by atoms with Gasteiger partial charge in [-0.25, -0.2) is 0 Å². The third-order valence-corrected chi connectivity index (χ3v) is 2.73. The molecule has 1 aliphatic carbocycles. The third-order valence-electron chi connectivity index (χ3n) is 2.73. The molecule has 1 aliphatic rings. The molecule has 16 heavy (non-hydrogen) atoms. The summed E-state index contributed by atoms with van der Waals surface area (Å²) in [6, 6.07) is 0. The van der Waals surface area contributed by atoms with Crippen LogP contribution in [0, 0.1) is 5.92 Å². The maximum absolute atomic E-state index is 11.3. The Bertz CT molecular complexity index is 226. The molecule has 94 valence electrons. The zero-order chi connectivity index (χ0) is 12.1. The predicted molar refractivity (Wildman–Crippen MR) is 62.1 cm³/mol. The first-order chi connectivity index (χ1) is 7.49. The summed E-state index contributed by atoms with van der Waals surface area (Å²) in [5, 5.41) is 9.71. The van der Waals surface area contributed by atoms with E-state index in [4.69, 9.17) is 4.74 Å². The number of ether oxygens (including phenoxy) is 1. The first-order valence-electron chi connectivity index (χ1n) is 6.05. The van der Waals surface area contributed by atoms with E-state index in [0.29, 0.717) is 25.4 Å². The van der Waals surface area contributed by atoms with Crippen molar-refractivity contribution in [1.82, 2.24) is 4.90 Å². The number of esters is 1. The van der Waals surface area contributed by atoms with Crippen LogP contribution < -0.4 is 0 Å². The van der Waals surface area contributed by atoms with Gasteiger partial charge in [-0.1, -0.05) is 0 Å². The molecule has 0 amide bonds. The Balaban J connectivity index is 2.08. The molecule has 1 fully saturated rings. The molecular weight excluding hydrogens is 206 g/mol. The number of aliphatic hydroxyl groups excluding tert-OH is 1. The minimum absolute atomic E-state index is 0.0464. The molecule has 0 aromatic heterocycles. The summed E-state index contributed by atoms with van der Waals surface area (Å²) in [5.41, 5.74) is 0. The van der Waals surface area contributed by atoms with Gasteiger partial charge in [-0.3, -0.25) is 4.79 Å². The fourth-order valence-electron chi connectivity index (χ4n) is 1.64. The molecule has 1 unspecified atom stereocenters. The molecule has 4 nitrogen and oxygen atoms in total. The van der Waals surface area contributed by atoms with Crippen molar-refractivity contribution < 1.29 is 14.6 Å². The van der Waals surface area contributed by atoms with Crippen LogP contribution in [-0.4, -0.2) is 48.3 Å². The van der Waals surface area contributed by atoms with Crippen LogP contribution in [0.2, 0.25) is 0 Å². The zero-order valence-electron chi connectivity index (χ0n) is 10.5. The van der Waals surface area contributed by atoms with Crippen molar-refractivity contribution in [3.63, 3.8) is 0 Å². The SMILES string of the molecule is CC(C)OC(=O)CCN(C)CC(O)C1CC1. The number of likely N-dealkylation sites (N-methyl/N-ethyl adjacent to an activating group) is 1. The van der Waals surface area contributed by atoms with Gasteiger partial charge in [-0.05, 0) is 39.7 Å². The molecule has 0 bridgehead atoms. The van der Waals surface area contributed by atoms with Gasteiger partial charge in [0.1, 0.15) is 0 Å². The second-order valence-electron chi connectivity index (χ2n) is 4.96. The van der Waals surface area contributed by atoms with Gasteiger partial charge in [0.2, 0.25) is 0 Å². The van der Waals surface area contributed by atoms with E-state index >= 15 is 0 Å². The molecule has 4 heteroatoms. The van der Waals surface area contributed by atoms with Crippen LogP contribution in [0.5, 0.6) is 0 Å². The second-order valence-corrected chi connectivity index (χ2v) is 4.96. The Morgan fingerprint density at radius 2 is 2.12 bits per heavy atom. The summed E-state index contributed by atoms with van der Waals surface area (Å²) in [7, 11) is 1.92. The van der Waals surface area contributed by atoms with Crippen LogP contribution >= 0.6 is 0 Å². The number of nitrogens with zero attached hydrogens (tertiary/aromatic N) is 1. The molecule has 0 aromatic carbocycles. The van der Waals surface area contributed by atoms with Crippen molar-refractivity contribution in [3.8, 4) is 0 Å². The lowest BCUT2D eigenvalue weighted by molar-refractivity contribution is -0.147. The normalized spacial score (nSPS) is 17.9. The Morgan fingerprint density at radius 1 is 1.50 bits per heavy atom. The summed E-state index contributed by atoms with van der Waals surface area (Å²) < 4.78 is 5.04. The summed E-state index contributed by atoms with van der Waals surface area (Å²) in [6.45, 7) is 4.99. The van der Waals surface area contributed by atoms with Crippen molar-refractivity contribution in [2.75, 3.05) is 20.1 Å². The average molecular weight is 229 g/mol. The summed E-state index contributed by atoms with van der Waals surface area (Å²) in [6.07, 6.45) is 2.40. The van der Waals surface area contributed by atoms with Gasteiger partial charge in [-0.15, -0.1) is 0 Å². The van der Waals surface area contributed by atoms with Crippen LogP contribution in [0.25, 0.3) is 0 Å². The highest BCUT2D eigenvalue weighted by molar-refractivity contribution is 5.69. The average Bonchev–Trinajstić information content (AvgIpc) is 2.96. The smallest absolute Gasteiger partial charge is 0.307 e. The standard InChI is InChI=1S/C12H23NO3/c1-9(2)16-12(15)6-7-13(3)8-11(14)10-4-5-10/h9-11,14H,4-8H2,1-3H3. The Hall–Kier alpha value is -0.610. The fraction of sp³-hybridized carbons (Fsp3) is 0.917. The molecule has 1 N–H and O–H groups in total. The molecule has 1 rings (SSSR count). The van der Waals surface area contributed by atoms with Gasteiger partial charge in [0.25, 0.3) is 0 Å². The lowest BCUT2D eigenvalue weighted by atomic mass is 10.2. The highest BCUT2D eigenvalue weighted by Crippen LogP contribution is 2.32. The first kappa shape index (κ1) is 13.5. The van der Waals surface area contributed by atoms with E-state index in [1.807, 2.05) is 25.8 Å². The molecule has 1 atom stereocenters. The van der Waals surface area contributed by atoms with Gasteiger partial charge in [0, 0.05) is 13.1 Å². The van der Waals surface area contributed by atoms with Gasteiger partial charge >= 0.3 is 5.97 Å². The topological polar surface area (TPSA) is 49.8 Å². The van der Waals surface area contributed by atoms with E-state index in [-0.39, 0.29) is 18.2 Å². The number of carbonyl (C=O) groups excluding carboxylic acids is 1. The predicted octanol–water partition coefficient (Wildman–Crippen LogP) is 1.03. The largest absolute Gasteiger partial charge is 0.463 e. The molecule has 0 radical (unpaired) electrons. The second kappa shape index (κ2) is 6.21. The molecular formula is C12H23NO3. The highest BCUT2D eigenvalue weighted by atomic mass is 16.5. The molecule has 0 spiro atoms. The van der Waals surface area contributed by atoms with Gasteiger partial charge in [0.05, 0.1) is 18.6 Å². The van der Waals surface area contributed by atoms with E-state index in [0.717, 1.165) is 12.8 Å².